The summed E-state index contributed by atoms with van der Waals surface area (Å²) in [5, 5.41) is 6.39. The Morgan fingerprint density at radius 3 is 2.45 bits per heavy atom. The molecular formula is C22H27F3N4O2. The largest absolute Gasteiger partial charge is 0.573 e. The third-order valence-corrected chi connectivity index (χ3v) is 5.20. The van der Waals surface area contributed by atoms with Crippen LogP contribution in [0.15, 0.2) is 59.6 Å². The first kappa shape index (κ1) is 22.9. The van der Waals surface area contributed by atoms with E-state index in [2.05, 4.69) is 39.4 Å². The Labute approximate surface area is 179 Å². The van der Waals surface area contributed by atoms with Crippen molar-refractivity contribution in [2.75, 3.05) is 25.1 Å². The summed E-state index contributed by atoms with van der Waals surface area (Å²) in [6, 6.07) is 15.9. The van der Waals surface area contributed by atoms with E-state index in [1.807, 2.05) is 18.2 Å². The lowest BCUT2D eigenvalue weighted by atomic mass is 9.88. The molecule has 0 aliphatic carbocycles. The summed E-state index contributed by atoms with van der Waals surface area (Å²) in [4.78, 5) is 4.43. The number of ether oxygens (including phenoxy) is 2. The molecule has 168 valence electrons. The van der Waals surface area contributed by atoms with Crippen molar-refractivity contribution < 1.29 is 22.6 Å². The van der Waals surface area contributed by atoms with Crippen LogP contribution in [0, 0.1) is 0 Å². The number of guanidine groups is 1. The maximum absolute atomic E-state index is 12.6. The van der Waals surface area contributed by atoms with Crippen LogP contribution in [0.5, 0.6) is 5.75 Å². The standard InChI is InChI=1S/C22H27F3N4O2/c1-16(17-7-3-2-4-8-17)29-21(11-13-30-14-12-21)15-27-20(26)28-18-9-5-6-10-19(18)31-22(23,24)25/h2-10,16,29H,11-15H2,1H3,(H3,26,27,28). The average Bonchev–Trinajstić information content (AvgIpc) is 2.74. The molecule has 1 unspecified atom stereocenters. The van der Waals surface area contributed by atoms with Crippen molar-refractivity contribution in [3.05, 3.63) is 60.2 Å². The number of para-hydroxylation sites is 2. The summed E-state index contributed by atoms with van der Waals surface area (Å²) in [6.45, 7) is 3.64. The fourth-order valence-corrected chi connectivity index (χ4v) is 3.59. The van der Waals surface area contributed by atoms with E-state index in [-0.39, 0.29) is 29.0 Å². The van der Waals surface area contributed by atoms with Gasteiger partial charge in [0.2, 0.25) is 0 Å². The number of hydrogen-bond acceptors (Lipinski definition) is 4. The van der Waals surface area contributed by atoms with Gasteiger partial charge in [0.05, 0.1) is 12.2 Å². The third-order valence-electron chi connectivity index (χ3n) is 5.20. The van der Waals surface area contributed by atoms with Crippen molar-refractivity contribution in [2.45, 2.75) is 37.7 Å². The monoisotopic (exact) mass is 436 g/mol. The number of nitrogens with one attached hydrogen (secondary N) is 2. The predicted molar refractivity (Wildman–Crippen MR) is 114 cm³/mol. The zero-order chi connectivity index (χ0) is 22.3. The molecule has 0 radical (unpaired) electrons. The van der Waals surface area contributed by atoms with E-state index in [1.54, 1.807) is 6.07 Å². The summed E-state index contributed by atoms with van der Waals surface area (Å²) in [5.41, 5.74) is 6.91. The molecule has 9 heteroatoms. The number of aliphatic imine (C=N–C) groups is 1. The number of rotatable bonds is 7. The molecule has 4 N–H and O–H groups in total. The van der Waals surface area contributed by atoms with Crippen molar-refractivity contribution in [3.8, 4) is 5.75 Å². The average molecular weight is 436 g/mol. The molecule has 1 heterocycles. The number of benzene rings is 2. The molecule has 0 saturated carbocycles. The lowest BCUT2D eigenvalue weighted by molar-refractivity contribution is -0.274. The van der Waals surface area contributed by atoms with Crippen LogP contribution in [0.3, 0.4) is 0 Å². The van der Waals surface area contributed by atoms with E-state index in [0.717, 1.165) is 18.4 Å². The smallest absolute Gasteiger partial charge is 0.404 e. The number of hydrogen-bond donors (Lipinski definition) is 3. The molecule has 2 aromatic rings. The van der Waals surface area contributed by atoms with E-state index in [1.165, 1.54) is 18.2 Å². The van der Waals surface area contributed by atoms with Gasteiger partial charge in [-0.05, 0) is 37.5 Å². The maximum Gasteiger partial charge on any atom is 0.573 e. The lowest BCUT2D eigenvalue weighted by Crippen LogP contribution is -2.53. The van der Waals surface area contributed by atoms with Crippen LogP contribution in [-0.4, -0.2) is 37.6 Å². The van der Waals surface area contributed by atoms with Crippen molar-refractivity contribution >= 4 is 11.6 Å². The third kappa shape index (κ3) is 6.86. The van der Waals surface area contributed by atoms with Gasteiger partial charge in [-0.3, -0.25) is 4.99 Å². The zero-order valence-electron chi connectivity index (χ0n) is 17.3. The molecule has 1 fully saturated rings. The fourth-order valence-electron chi connectivity index (χ4n) is 3.59. The van der Waals surface area contributed by atoms with Crippen LogP contribution >= 0.6 is 0 Å². The second-order valence-electron chi connectivity index (χ2n) is 7.54. The van der Waals surface area contributed by atoms with Gasteiger partial charge in [0, 0.05) is 24.8 Å². The Kier molecular flexibility index (Phi) is 7.40. The van der Waals surface area contributed by atoms with Crippen molar-refractivity contribution in [3.63, 3.8) is 0 Å². The van der Waals surface area contributed by atoms with Gasteiger partial charge in [0.25, 0.3) is 0 Å². The molecule has 1 saturated heterocycles. The minimum absolute atomic E-state index is 0.0123. The minimum atomic E-state index is -4.80. The highest BCUT2D eigenvalue weighted by atomic mass is 19.4. The van der Waals surface area contributed by atoms with Crippen LogP contribution in [0.2, 0.25) is 0 Å². The molecule has 0 amide bonds. The molecule has 0 spiro atoms. The van der Waals surface area contributed by atoms with Crippen LogP contribution in [-0.2, 0) is 4.74 Å². The normalized spacial score (nSPS) is 17.7. The zero-order valence-corrected chi connectivity index (χ0v) is 17.3. The second-order valence-corrected chi connectivity index (χ2v) is 7.54. The number of alkyl halides is 3. The molecule has 31 heavy (non-hydrogen) atoms. The molecule has 1 aliphatic heterocycles. The Bertz CT molecular complexity index is 869. The van der Waals surface area contributed by atoms with Crippen molar-refractivity contribution in [2.24, 2.45) is 10.7 Å². The van der Waals surface area contributed by atoms with Crippen LogP contribution < -0.4 is 21.1 Å². The van der Waals surface area contributed by atoms with Gasteiger partial charge in [0.15, 0.2) is 11.7 Å². The van der Waals surface area contributed by atoms with Gasteiger partial charge in [-0.25, -0.2) is 0 Å². The molecule has 6 nitrogen and oxygen atoms in total. The summed E-state index contributed by atoms with van der Waals surface area (Å²) in [6.07, 6.45) is -3.31. The van der Waals surface area contributed by atoms with E-state index < -0.39 is 6.36 Å². The number of nitrogens with two attached hydrogens (primary N) is 1. The number of anilines is 1. The second kappa shape index (κ2) is 10.0. The van der Waals surface area contributed by atoms with E-state index in [4.69, 9.17) is 10.5 Å². The molecule has 3 rings (SSSR count). The van der Waals surface area contributed by atoms with Crippen molar-refractivity contribution in [1.82, 2.24) is 5.32 Å². The van der Waals surface area contributed by atoms with Gasteiger partial charge < -0.3 is 25.8 Å². The molecule has 1 aliphatic rings. The lowest BCUT2D eigenvalue weighted by Gasteiger charge is -2.39. The van der Waals surface area contributed by atoms with Gasteiger partial charge in [-0.1, -0.05) is 42.5 Å². The quantitative estimate of drug-likeness (QED) is 0.448. The van der Waals surface area contributed by atoms with Gasteiger partial charge >= 0.3 is 6.36 Å². The first-order valence-corrected chi connectivity index (χ1v) is 10.1. The van der Waals surface area contributed by atoms with E-state index >= 15 is 0 Å². The first-order chi connectivity index (χ1) is 14.8. The Morgan fingerprint density at radius 2 is 1.77 bits per heavy atom. The van der Waals surface area contributed by atoms with Crippen LogP contribution in [0.1, 0.15) is 31.4 Å². The topological polar surface area (TPSA) is 80.9 Å². The Balaban J connectivity index is 1.71. The minimum Gasteiger partial charge on any atom is -0.404 e. The van der Waals surface area contributed by atoms with Crippen molar-refractivity contribution in [1.29, 1.82) is 0 Å². The van der Waals surface area contributed by atoms with Crippen LogP contribution in [0.25, 0.3) is 0 Å². The number of nitrogens with zero attached hydrogens (tertiary/aromatic N) is 1. The molecule has 0 bridgehead atoms. The van der Waals surface area contributed by atoms with Gasteiger partial charge in [-0.15, -0.1) is 13.2 Å². The fraction of sp³-hybridized carbons (Fsp3) is 0.409. The Morgan fingerprint density at radius 1 is 1.13 bits per heavy atom. The SMILES string of the molecule is CC(NC1(CN=C(N)Nc2ccccc2OC(F)(F)F)CCOCC1)c1ccccc1. The van der Waals surface area contributed by atoms with E-state index in [9.17, 15) is 13.2 Å². The van der Waals surface area contributed by atoms with Crippen LogP contribution in [0.4, 0.5) is 18.9 Å². The summed E-state index contributed by atoms with van der Waals surface area (Å²) in [5.74, 6) is -0.358. The summed E-state index contributed by atoms with van der Waals surface area (Å²) in [7, 11) is 0. The molecule has 0 aromatic heterocycles. The summed E-state index contributed by atoms with van der Waals surface area (Å²) >= 11 is 0. The maximum atomic E-state index is 12.6. The first-order valence-electron chi connectivity index (χ1n) is 10.1. The highest BCUT2D eigenvalue weighted by Gasteiger charge is 2.34. The predicted octanol–water partition coefficient (Wildman–Crippen LogP) is 4.21. The van der Waals surface area contributed by atoms with Gasteiger partial charge in [-0.2, -0.15) is 0 Å². The van der Waals surface area contributed by atoms with Gasteiger partial charge in [0.1, 0.15) is 0 Å². The molecule has 2 aromatic carbocycles. The highest BCUT2D eigenvalue weighted by molar-refractivity contribution is 5.93. The van der Waals surface area contributed by atoms with E-state index in [0.29, 0.717) is 19.8 Å². The number of halogens is 3. The Hall–Kier alpha value is -2.78. The summed E-state index contributed by atoms with van der Waals surface area (Å²) < 4.78 is 47.5. The molecular weight excluding hydrogens is 409 g/mol. The molecule has 1 atom stereocenters. The highest BCUT2D eigenvalue weighted by Crippen LogP contribution is 2.30.